The van der Waals surface area contributed by atoms with Crippen molar-refractivity contribution in [1.82, 2.24) is 15.3 Å². The van der Waals surface area contributed by atoms with E-state index in [1.54, 1.807) is 37.5 Å². The van der Waals surface area contributed by atoms with E-state index in [0.717, 1.165) is 22.1 Å². The number of nitrogens with one attached hydrogen (secondary N) is 2. The second kappa shape index (κ2) is 7.84. The topological polar surface area (TPSA) is 121 Å². The van der Waals surface area contributed by atoms with Crippen LogP contribution in [0.2, 0.25) is 0 Å². The van der Waals surface area contributed by atoms with E-state index in [-0.39, 0.29) is 12.5 Å². The van der Waals surface area contributed by atoms with Crippen molar-refractivity contribution >= 4 is 28.9 Å². The molecule has 0 aliphatic carbocycles. The summed E-state index contributed by atoms with van der Waals surface area (Å²) in [6.07, 6.45) is 5.85. The number of nitrogens with two attached hydrogens (primary N) is 1. The summed E-state index contributed by atoms with van der Waals surface area (Å²) < 4.78 is 0. The number of hydrogen-bond acceptors (Lipinski definition) is 4. The second-order valence-electron chi connectivity index (χ2n) is 6.24. The van der Waals surface area contributed by atoms with Crippen molar-refractivity contribution in [1.29, 1.82) is 0 Å². The fraction of sp³-hybridized carbons (Fsp3) is 0.150. The fourth-order valence-corrected chi connectivity index (χ4v) is 2.65. The minimum Gasteiger partial charge on any atom is -0.392 e. The maximum Gasteiger partial charge on any atom is 0.251 e. The largest absolute Gasteiger partial charge is 0.392 e. The van der Waals surface area contributed by atoms with Crippen LogP contribution >= 0.6 is 0 Å². The third-order valence-electron chi connectivity index (χ3n) is 4.03. The van der Waals surface area contributed by atoms with Gasteiger partial charge in [-0.15, -0.1) is 0 Å². The van der Waals surface area contributed by atoms with E-state index in [1.165, 1.54) is 6.08 Å². The first kappa shape index (κ1) is 18.3. The molecule has 1 atom stereocenters. The Balaban J connectivity index is 1.85. The number of carbonyl (C=O) groups is 2. The van der Waals surface area contributed by atoms with Gasteiger partial charge < -0.3 is 21.1 Å². The number of nitrogens with zero attached hydrogens (tertiary/aromatic N) is 1. The van der Waals surface area contributed by atoms with Crippen molar-refractivity contribution in [2.75, 3.05) is 6.54 Å². The number of hydrogen-bond donors (Lipinski definition) is 4. The lowest BCUT2D eigenvalue weighted by Crippen LogP contribution is -2.30. The molecule has 1 unspecified atom stereocenters. The smallest absolute Gasteiger partial charge is 0.251 e. The van der Waals surface area contributed by atoms with Crippen LogP contribution < -0.4 is 11.1 Å². The first-order valence-corrected chi connectivity index (χ1v) is 8.45. The molecule has 27 heavy (non-hydrogen) atoms. The van der Waals surface area contributed by atoms with Crippen LogP contribution in [0.25, 0.3) is 28.2 Å². The molecule has 0 aliphatic rings. The summed E-state index contributed by atoms with van der Waals surface area (Å²) in [5.41, 5.74) is 8.97. The monoisotopic (exact) mass is 364 g/mol. The highest BCUT2D eigenvalue weighted by Gasteiger charge is 2.09. The Morgan fingerprint density at radius 2 is 2.04 bits per heavy atom. The molecule has 0 radical (unpaired) electrons. The molecule has 0 aliphatic heterocycles. The van der Waals surface area contributed by atoms with Gasteiger partial charge in [0.25, 0.3) is 5.91 Å². The summed E-state index contributed by atoms with van der Waals surface area (Å²) in [7, 11) is 0. The van der Waals surface area contributed by atoms with Crippen molar-refractivity contribution in [3.05, 3.63) is 59.9 Å². The second-order valence-corrected chi connectivity index (χ2v) is 6.24. The highest BCUT2D eigenvalue weighted by molar-refractivity contribution is 5.96. The van der Waals surface area contributed by atoms with Gasteiger partial charge in [-0.3, -0.25) is 9.59 Å². The van der Waals surface area contributed by atoms with Gasteiger partial charge >= 0.3 is 0 Å². The molecular formula is C20H20N4O3. The minimum atomic E-state index is -0.592. The first-order chi connectivity index (χ1) is 12.9. The predicted octanol–water partition coefficient (Wildman–Crippen LogP) is 1.84. The van der Waals surface area contributed by atoms with Crippen LogP contribution in [-0.2, 0) is 4.79 Å². The number of amides is 2. The molecule has 5 N–H and O–H groups in total. The SMILES string of the molecule is CC(O)CNC(=O)c1ccc(-c2cnc3[nH]cc(C=CC(N)=O)c3c2)cc1. The van der Waals surface area contributed by atoms with Crippen LogP contribution in [-0.4, -0.2) is 39.5 Å². The number of aliphatic hydroxyl groups excluding tert-OH is 1. The van der Waals surface area contributed by atoms with Crippen LogP contribution in [0.5, 0.6) is 0 Å². The van der Waals surface area contributed by atoms with E-state index in [1.807, 2.05) is 18.2 Å². The molecule has 2 heterocycles. The molecule has 3 aromatic rings. The Morgan fingerprint density at radius 3 is 2.70 bits per heavy atom. The molecule has 0 spiro atoms. The van der Waals surface area contributed by atoms with Crippen LogP contribution in [0.4, 0.5) is 0 Å². The highest BCUT2D eigenvalue weighted by atomic mass is 16.3. The number of aromatic amines is 1. The van der Waals surface area contributed by atoms with E-state index in [2.05, 4.69) is 15.3 Å². The number of primary amides is 1. The van der Waals surface area contributed by atoms with Gasteiger partial charge in [0, 0.05) is 47.1 Å². The average molecular weight is 364 g/mol. The van der Waals surface area contributed by atoms with E-state index in [9.17, 15) is 14.7 Å². The van der Waals surface area contributed by atoms with Crippen molar-refractivity contribution in [3.63, 3.8) is 0 Å². The highest BCUT2D eigenvalue weighted by Crippen LogP contribution is 2.25. The molecule has 3 rings (SSSR count). The first-order valence-electron chi connectivity index (χ1n) is 8.45. The quantitative estimate of drug-likeness (QED) is 0.499. The summed E-state index contributed by atoms with van der Waals surface area (Å²) in [4.78, 5) is 30.4. The van der Waals surface area contributed by atoms with Gasteiger partial charge in [-0.2, -0.15) is 0 Å². The number of aromatic nitrogens is 2. The minimum absolute atomic E-state index is 0.205. The molecule has 2 aromatic heterocycles. The molecule has 7 heteroatoms. The van der Waals surface area contributed by atoms with Crippen molar-refractivity contribution < 1.29 is 14.7 Å². The van der Waals surface area contributed by atoms with Gasteiger partial charge in [0.15, 0.2) is 0 Å². The Morgan fingerprint density at radius 1 is 1.30 bits per heavy atom. The zero-order valence-electron chi connectivity index (χ0n) is 14.8. The standard InChI is InChI=1S/C20H20N4O3/c1-12(25)9-24-20(27)14-4-2-13(3-5-14)16-8-17-15(6-7-18(21)26)10-22-19(17)23-11-16/h2-8,10-12,25H,9H2,1H3,(H2,21,26)(H,22,23)(H,24,27). The Bertz CT molecular complexity index is 1000. The van der Waals surface area contributed by atoms with Crippen molar-refractivity contribution in [2.24, 2.45) is 5.73 Å². The summed E-state index contributed by atoms with van der Waals surface area (Å²) in [6, 6.07) is 9.09. The Hall–Kier alpha value is -3.45. The van der Waals surface area contributed by atoms with E-state index in [4.69, 9.17) is 5.73 Å². The number of fused-ring (bicyclic) bond motifs is 1. The third-order valence-corrected chi connectivity index (χ3v) is 4.03. The molecule has 0 saturated carbocycles. The fourth-order valence-electron chi connectivity index (χ4n) is 2.65. The van der Waals surface area contributed by atoms with E-state index in [0.29, 0.717) is 11.2 Å². The van der Waals surface area contributed by atoms with Crippen LogP contribution in [0.1, 0.15) is 22.8 Å². The lowest BCUT2D eigenvalue weighted by molar-refractivity contribution is -0.113. The summed E-state index contributed by atoms with van der Waals surface area (Å²) in [5, 5.41) is 12.8. The van der Waals surface area contributed by atoms with Gasteiger partial charge in [0.2, 0.25) is 5.91 Å². The summed E-state index contributed by atoms with van der Waals surface area (Å²) in [5.74, 6) is -0.751. The average Bonchev–Trinajstić information content (AvgIpc) is 3.06. The number of pyridine rings is 1. The lowest BCUT2D eigenvalue weighted by atomic mass is 10.0. The van der Waals surface area contributed by atoms with Gasteiger partial charge in [-0.1, -0.05) is 12.1 Å². The van der Waals surface area contributed by atoms with E-state index >= 15 is 0 Å². The number of aliphatic hydroxyl groups is 1. The lowest BCUT2D eigenvalue weighted by Gasteiger charge is -2.08. The van der Waals surface area contributed by atoms with Crippen molar-refractivity contribution in [3.8, 4) is 11.1 Å². The normalized spacial score (nSPS) is 12.4. The molecule has 0 saturated heterocycles. The Kier molecular flexibility index (Phi) is 5.33. The zero-order chi connectivity index (χ0) is 19.4. The maximum absolute atomic E-state index is 12.0. The summed E-state index contributed by atoms with van der Waals surface area (Å²) >= 11 is 0. The van der Waals surface area contributed by atoms with Gasteiger partial charge in [-0.25, -0.2) is 4.98 Å². The molecular weight excluding hydrogens is 344 g/mol. The molecule has 0 fully saturated rings. The zero-order valence-corrected chi connectivity index (χ0v) is 14.8. The van der Waals surface area contributed by atoms with Crippen LogP contribution in [0.15, 0.2) is 48.8 Å². The number of carbonyl (C=O) groups excluding carboxylic acids is 2. The van der Waals surface area contributed by atoms with Crippen LogP contribution in [0.3, 0.4) is 0 Å². The van der Waals surface area contributed by atoms with E-state index < -0.39 is 12.0 Å². The molecule has 1 aromatic carbocycles. The van der Waals surface area contributed by atoms with Crippen LogP contribution in [0, 0.1) is 0 Å². The van der Waals surface area contributed by atoms with Gasteiger partial charge in [0.05, 0.1) is 6.10 Å². The number of benzene rings is 1. The maximum atomic E-state index is 12.0. The number of H-pyrrole nitrogens is 1. The number of rotatable bonds is 6. The molecule has 0 bridgehead atoms. The summed E-state index contributed by atoms with van der Waals surface area (Å²) in [6.45, 7) is 1.82. The molecule has 2 amide bonds. The van der Waals surface area contributed by atoms with Gasteiger partial charge in [-0.05, 0) is 36.8 Å². The van der Waals surface area contributed by atoms with Crippen molar-refractivity contribution in [2.45, 2.75) is 13.0 Å². The third kappa shape index (κ3) is 4.39. The Labute approximate surface area is 155 Å². The molecule has 138 valence electrons. The predicted molar refractivity (Wildman–Crippen MR) is 104 cm³/mol. The molecule has 7 nitrogen and oxygen atoms in total. The van der Waals surface area contributed by atoms with Gasteiger partial charge in [0.1, 0.15) is 5.65 Å².